The zero-order chi connectivity index (χ0) is 16.8. The highest BCUT2D eigenvalue weighted by Crippen LogP contribution is 2.22. The van der Waals surface area contributed by atoms with Crippen LogP contribution in [0.5, 0.6) is 0 Å². The van der Waals surface area contributed by atoms with Gasteiger partial charge in [-0.05, 0) is 23.1 Å². The maximum atomic E-state index is 12.6. The van der Waals surface area contributed by atoms with Crippen LogP contribution in [0.4, 0.5) is 0 Å². The van der Waals surface area contributed by atoms with Crippen molar-refractivity contribution in [1.29, 1.82) is 0 Å². The van der Waals surface area contributed by atoms with E-state index >= 15 is 0 Å². The molecule has 7 heteroatoms. The van der Waals surface area contributed by atoms with E-state index in [4.69, 9.17) is 0 Å². The van der Waals surface area contributed by atoms with Gasteiger partial charge in [0.15, 0.2) is 0 Å². The van der Waals surface area contributed by atoms with Crippen LogP contribution < -0.4 is 10.6 Å². The number of aromatic nitrogens is 1. The highest BCUT2D eigenvalue weighted by molar-refractivity contribution is 7.08. The zero-order valence-electron chi connectivity index (χ0n) is 13.3. The van der Waals surface area contributed by atoms with Gasteiger partial charge in [0.1, 0.15) is 0 Å². The molecule has 2 N–H and O–H groups in total. The molecule has 2 aromatic rings. The average Bonchev–Trinajstić information content (AvgIpc) is 3.17. The largest absolute Gasteiger partial charge is 0.351 e. The van der Waals surface area contributed by atoms with E-state index in [0.717, 1.165) is 18.7 Å². The summed E-state index contributed by atoms with van der Waals surface area (Å²) in [7, 11) is 0. The van der Waals surface area contributed by atoms with Crippen LogP contribution >= 0.6 is 11.3 Å². The molecule has 6 nitrogen and oxygen atoms in total. The Bertz CT molecular complexity index is 675. The Morgan fingerprint density at radius 3 is 3.08 bits per heavy atom. The molecule has 0 saturated carbocycles. The molecule has 0 aliphatic carbocycles. The van der Waals surface area contributed by atoms with Gasteiger partial charge in [0, 0.05) is 55.9 Å². The molecule has 0 spiro atoms. The van der Waals surface area contributed by atoms with E-state index in [2.05, 4.69) is 15.6 Å². The first-order valence-electron chi connectivity index (χ1n) is 7.96. The lowest BCUT2D eigenvalue weighted by molar-refractivity contribution is -0.134. The number of thiophene rings is 1. The molecule has 1 atom stereocenters. The van der Waals surface area contributed by atoms with Crippen LogP contribution in [-0.2, 0) is 4.79 Å². The van der Waals surface area contributed by atoms with Crippen LogP contribution in [0, 0.1) is 0 Å². The van der Waals surface area contributed by atoms with Crippen LogP contribution in [0.3, 0.4) is 0 Å². The molecule has 1 unspecified atom stereocenters. The van der Waals surface area contributed by atoms with E-state index in [-0.39, 0.29) is 17.9 Å². The molecular weight excluding hydrogens is 324 g/mol. The lowest BCUT2D eigenvalue weighted by atomic mass is 10.0. The number of carbonyl (C=O) groups excluding carboxylic acids is 2. The summed E-state index contributed by atoms with van der Waals surface area (Å²) < 4.78 is 0. The fourth-order valence-corrected chi connectivity index (χ4v) is 3.43. The lowest BCUT2D eigenvalue weighted by Crippen LogP contribution is -2.49. The molecule has 0 bridgehead atoms. The van der Waals surface area contributed by atoms with E-state index in [1.54, 1.807) is 23.8 Å². The van der Waals surface area contributed by atoms with Crippen molar-refractivity contribution in [2.45, 2.75) is 12.5 Å². The standard InChI is InChI=1S/C17H20N4O2S/c22-16(3-6-20-17(23)14-4-9-24-12-14)21-8-7-19-11-15(21)13-2-1-5-18-10-13/h1-2,4-5,9-10,12,15,19H,3,6-8,11H2,(H,20,23). The van der Waals surface area contributed by atoms with Crippen molar-refractivity contribution in [2.24, 2.45) is 0 Å². The number of nitrogens with zero attached hydrogens (tertiary/aromatic N) is 2. The average molecular weight is 344 g/mol. The molecule has 3 rings (SSSR count). The van der Waals surface area contributed by atoms with E-state index < -0.39 is 0 Å². The summed E-state index contributed by atoms with van der Waals surface area (Å²) in [6.07, 6.45) is 3.83. The summed E-state index contributed by atoms with van der Waals surface area (Å²) in [6.45, 7) is 2.51. The number of hydrogen-bond donors (Lipinski definition) is 2. The molecule has 0 aromatic carbocycles. The molecule has 3 heterocycles. The Labute approximate surface area is 144 Å². The molecule has 0 radical (unpaired) electrons. The first-order valence-corrected chi connectivity index (χ1v) is 8.90. The zero-order valence-corrected chi connectivity index (χ0v) is 14.1. The Kier molecular flexibility index (Phi) is 5.55. The van der Waals surface area contributed by atoms with Crippen molar-refractivity contribution >= 4 is 23.2 Å². The second-order valence-corrected chi connectivity index (χ2v) is 6.39. The van der Waals surface area contributed by atoms with Crippen LogP contribution in [-0.4, -0.2) is 47.9 Å². The number of hydrogen-bond acceptors (Lipinski definition) is 5. The van der Waals surface area contributed by atoms with Crippen LogP contribution in [0.1, 0.15) is 28.4 Å². The fourth-order valence-electron chi connectivity index (χ4n) is 2.80. The Morgan fingerprint density at radius 2 is 2.33 bits per heavy atom. The highest BCUT2D eigenvalue weighted by Gasteiger charge is 2.27. The van der Waals surface area contributed by atoms with Crippen molar-refractivity contribution in [3.8, 4) is 0 Å². The molecule has 1 aliphatic heterocycles. The van der Waals surface area contributed by atoms with Gasteiger partial charge in [0.25, 0.3) is 5.91 Å². The summed E-state index contributed by atoms with van der Waals surface area (Å²) in [5, 5.41) is 9.78. The van der Waals surface area contributed by atoms with Gasteiger partial charge in [0.2, 0.25) is 5.91 Å². The van der Waals surface area contributed by atoms with Gasteiger partial charge in [-0.2, -0.15) is 11.3 Å². The van der Waals surface area contributed by atoms with Crippen molar-refractivity contribution in [2.75, 3.05) is 26.2 Å². The first-order chi connectivity index (χ1) is 11.8. The van der Waals surface area contributed by atoms with Gasteiger partial charge in [-0.3, -0.25) is 14.6 Å². The van der Waals surface area contributed by atoms with Gasteiger partial charge in [-0.1, -0.05) is 6.07 Å². The van der Waals surface area contributed by atoms with Crippen LogP contribution in [0.2, 0.25) is 0 Å². The Hall–Kier alpha value is -2.25. The minimum absolute atomic E-state index is 0.00692. The predicted molar refractivity (Wildman–Crippen MR) is 92.8 cm³/mol. The maximum absolute atomic E-state index is 12.6. The number of rotatable bonds is 5. The topological polar surface area (TPSA) is 74.3 Å². The Morgan fingerprint density at radius 1 is 1.42 bits per heavy atom. The molecule has 1 saturated heterocycles. The molecule has 1 fully saturated rings. The van der Waals surface area contributed by atoms with E-state index in [1.165, 1.54) is 11.3 Å². The number of pyridine rings is 1. The third kappa shape index (κ3) is 3.98. The number of amides is 2. The van der Waals surface area contributed by atoms with E-state index in [1.807, 2.05) is 22.4 Å². The van der Waals surface area contributed by atoms with Crippen molar-refractivity contribution in [3.05, 3.63) is 52.5 Å². The minimum Gasteiger partial charge on any atom is -0.351 e. The van der Waals surface area contributed by atoms with Crippen molar-refractivity contribution < 1.29 is 9.59 Å². The van der Waals surface area contributed by atoms with Gasteiger partial charge in [-0.25, -0.2) is 0 Å². The minimum atomic E-state index is -0.131. The molecule has 2 aromatic heterocycles. The van der Waals surface area contributed by atoms with E-state index in [9.17, 15) is 9.59 Å². The van der Waals surface area contributed by atoms with Crippen LogP contribution in [0.15, 0.2) is 41.4 Å². The van der Waals surface area contributed by atoms with Crippen molar-refractivity contribution in [3.63, 3.8) is 0 Å². The Balaban J connectivity index is 1.55. The second-order valence-electron chi connectivity index (χ2n) is 5.61. The lowest BCUT2D eigenvalue weighted by Gasteiger charge is -2.36. The summed E-state index contributed by atoms with van der Waals surface area (Å²) in [6, 6.07) is 5.64. The molecular formula is C17H20N4O2S. The fraction of sp³-hybridized carbons (Fsp3) is 0.353. The predicted octanol–water partition coefficient (Wildman–Crippen LogP) is 1.44. The third-order valence-corrected chi connectivity index (χ3v) is 4.72. The summed E-state index contributed by atoms with van der Waals surface area (Å²) >= 11 is 1.48. The molecule has 126 valence electrons. The van der Waals surface area contributed by atoms with Gasteiger partial charge in [0.05, 0.1) is 6.04 Å². The monoisotopic (exact) mass is 344 g/mol. The summed E-state index contributed by atoms with van der Waals surface area (Å²) in [5.41, 5.74) is 1.67. The smallest absolute Gasteiger partial charge is 0.252 e. The molecule has 24 heavy (non-hydrogen) atoms. The SMILES string of the molecule is O=C(NCCC(=O)N1CCNCC1c1cccnc1)c1ccsc1. The van der Waals surface area contributed by atoms with Gasteiger partial charge < -0.3 is 15.5 Å². The quantitative estimate of drug-likeness (QED) is 0.861. The van der Waals surface area contributed by atoms with E-state index in [0.29, 0.717) is 25.1 Å². The number of nitrogens with one attached hydrogen (secondary N) is 2. The summed E-state index contributed by atoms with van der Waals surface area (Å²) in [5.74, 6) is -0.0795. The third-order valence-electron chi connectivity index (χ3n) is 4.04. The van der Waals surface area contributed by atoms with Crippen LogP contribution in [0.25, 0.3) is 0 Å². The normalized spacial score (nSPS) is 17.5. The van der Waals surface area contributed by atoms with Crippen molar-refractivity contribution in [1.82, 2.24) is 20.5 Å². The number of piperazine rings is 1. The highest BCUT2D eigenvalue weighted by atomic mass is 32.1. The second kappa shape index (κ2) is 8.03. The first kappa shape index (κ1) is 16.6. The molecule has 2 amide bonds. The summed E-state index contributed by atoms with van der Waals surface area (Å²) in [4.78, 5) is 30.5. The van der Waals surface area contributed by atoms with Gasteiger partial charge in [-0.15, -0.1) is 0 Å². The number of carbonyl (C=O) groups is 2. The molecule has 1 aliphatic rings. The maximum Gasteiger partial charge on any atom is 0.252 e. The van der Waals surface area contributed by atoms with Gasteiger partial charge >= 0.3 is 0 Å².